The fourth-order valence-electron chi connectivity index (χ4n) is 1.32. The third kappa shape index (κ3) is 5.29. The van der Waals surface area contributed by atoms with Crippen LogP contribution < -0.4 is 0 Å². The maximum Gasteiger partial charge on any atom is 0.294 e. The Balaban J connectivity index is 4.50. The minimum Gasteiger partial charge on any atom is -0.396 e. The standard InChI is InChI=1S/C7H14N2O7/c1-5(3-4-10)7(16-9(13)14)6(2)15-8(11)12/h5-7,10H,3-4H2,1-2H3. The van der Waals surface area contributed by atoms with Gasteiger partial charge in [0.1, 0.15) is 12.2 Å². The van der Waals surface area contributed by atoms with Gasteiger partial charge in [-0.15, -0.1) is 20.2 Å². The van der Waals surface area contributed by atoms with E-state index in [1.807, 2.05) is 0 Å². The third-order valence-corrected chi connectivity index (χ3v) is 2.07. The van der Waals surface area contributed by atoms with Gasteiger partial charge in [0, 0.05) is 6.61 Å². The highest BCUT2D eigenvalue weighted by Gasteiger charge is 2.29. The topological polar surface area (TPSA) is 125 Å². The Labute approximate surface area is 91.2 Å². The van der Waals surface area contributed by atoms with Gasteiger partial charge in [-0.3, -0.25) is 0 Å². The monoisotopic (exact) mass is 238 g/mol. The molecule has 3 atom stereocenters. The first-order valence-corrected chi connectivity index (χ1v) is 4.61. The Morgan fingerprint density at radius 3 is 2.06 bits per heavy atom. The highest BCUT2D eigenvalue weighted by molar-refractivity contribution is 4.71. The van der Waals surface area contributed by atoms with Crippen LogP contribution in [0.25, 0.3) is 0 Å². The van der Waals surface area contributed by atoms with Crippen LogP contribution in [0.3, 0.4) is 0 Å². The van der Waals surface area contributed by atoms with Crippen molar-refractivity contribution in [3.63, 3.8) is 0 Å². The molecular weight excluding hydrogens is 224 g/mol. The summed E-state index contributed by atoms with van der Waals surface area (Å²) < 4.78 is 0. The van der Waals surface area contributed by atoms with E-state index in [0.29, 0.717) is 0 Å². The number of aliphatic hydroxyl groups excluding tert-OH is 1. The largest absolute Gasteiger partial charge is 0.396 e. The molecule has 0 saturated heterocycles. The SMILES string of the molecule is CC(CCO)C(O[N+](=O)[O-])C(C)O[N+](=O)[O-]. The molecule has 0 aliphatic heterocycles. The van der Waals surface area contributed by atoms with Gasteiger partial charge < -0.3 is 14.8 Å². The summed E-state index contributed by atoms with van der Waals surface area (Å²) in [6.45, 7) is 2.68. The van der Waals surface area contributed by atoms with Crippen LogP contribution in [0, 0.1) is 26.1 Å². The van der Waals surface area contributed by atoms with Gasteiger partial charge in [-0.2, -0.15) is 0 Å². The predicted octanol–water partition coefficient (Wildman–Crippen LogP) is 0.179. The van der Waals surface area contributed by atoms with E-state index >= 15 is 0 Å². The molecule has 0 aromatic heterocycles. The molecule has 0 amide bonds. The van der Waals surface area contributed by atoms with E-state index in [-0.39, 0.29) is 13.0 Å². The molecule has 16 heavy (non-hydrogen) atoms. The summed E-state index contributed by atoms with van der Waals surface area (Å²) in [5.74, 6) is -0.439. The molecule has 0 bridgehead atoms. The smallest absolute Gasteiger partial charge is 0.294 e. The molecule has 94 valence electrons. The Morgan fingerprint density at radius 2 is 1.69 bits per heavy atom. The lowest BCUT2D eigenvalue weighted by Gasteiger charge is -2.25. The van der Waals surface area contributed by atoms with Crippen LogP contribution >= 0.6 is 0 Å². The second kappa shape index (κ2) is 6.77. The fourth-order valence-corrected chi connectivity index (χ4v) is 1.32. The fraction of sp³-hybridized carbons (Fsp3) is 1.00. The van der Waals surface area contributed by atoms with Gasteiger partial charge in [0.15, 0.2) is 0 Å². The van der Waals surface area contributed by atoms with Gasteiger partial charge in [0.05, 0.1) is 0 Å². The number of hydrogen-bond acceptors (Lipinski definition) is 7. The van der Waals surface area contributed by atoms with E-state index in [4.69, 9.17) is 5.11 Å². The predicted molar refractivity (Wildman–Crippen MR) is 50.3 cm³/mol. The van der Waals surface area contributed by atoms with Gasteiger partial charge in [-0.25, -0.2) is 0 Å². The molecule has 0 aliphatic rings. The molecule has 1 N–H and O–H groups in total. The maximum absolute atomic E-state index is 10.2. The lowest BCUT2D eigenvalue weighted by atomic mass is 9.97. The average Bonchev–Trinajstić information content (AvgIpc) is 2.12. The molecular formula is C7H14N2O7. The minimum atomic E-state index is -1.09. The Morgan fingerprint density at radius 1 is 1.19 bits per heavy atom. The Bertz CT molecular complexity index is 247. The molecule has 0 rings (SSSR count). The van der Waals surface area contributed by atoms with Crippen molar-refractivity contribution in [1.82, 2.24) is 0 Å². The number of rotatable bonds is 8. The quantitative estimate of drug-likeness (QED) is 0.472. The van der Waals surface area contributed by atoms with E-state index < -0.39 is 28.3 Å². The van der Waals surface area contributed by atoms with Crippen LogP contribution in [-0.2, 0) is 9.68 Å². The van der Waals surface area contributed by atoms with Gasteiger partial charge in [-0.1, -0.05) is 6.92 Å². The first kappa shape index (κ1) is 14.4. The summed E-state index contributed by atoms with van der Waals surface area (Å²) in [4.78, 5) is 28.8. The summed E-state index contributed by atoms with van der Waals surface area (Å²) in [6, 6.07) is 0. The number of hydrogen-bond donors (Lipinski definition) is 1. The summed E-state index contributed by atoms with van der Waals surface area (Å²) >= 11 is 0. The van der Waals surface area contributed by atoms with Crippen molar-refractivity contribution < 1.29 is 25.0 Å². The molecule has 0 fully saturated rings. The molecule has 3 unspecified atom stereocenters. The maximum atomic E-state index is 10.2. The highest BCUT2D eigenvalue weighted by atomic mass is 17.0. The van der Waals surface area contributed by atoms with E-state index in [2.05, 4.69) is 9.68 Å². The molecule has 0 aliphatic carbocycles. The lowest BCUT2D eigenvalue weighted by Crippen LogP contribution is -2.38. The first-order chi connectivity index (χ1) is 7.38. The van der Waals surface area contributed by atoms with Crippen LogP contribution in [0.4, 0.5) is 0 Å². The molecule has 0 heterocycles. The van der Waals surface area contributed by atoms with Crippen LogP contribution in [0.1, 0.15) is 20.3 Å². The third-order valence-electron chi connectivity index (χ3n) is 2.07. The van der Waals surface area contributed by atoms with Gasteiger partial charge in [0.2, 0.25) is 0 Å². The van der Waals surface area contributed by atoms with Crippen molar-refractivity contribution >= 4 is 0 Å². The second-order valence-corrected chi connectivity index (χ2v) is 3.32. The van der Waals surface area contributed by atoms with E-state index in [1.54, 1.807) is 6.92 Å². The summed E-state index contributed by atoms with van der Waals surface area (Å²) in [5, 5.41) is 26.9. The highest BCUT2D eigenvalue weighted by Crippen LogP contribution is 2.17. The van der Waals surface area contributed by atoms with Crippen LogP contribution in [0.2, 0.25) is 0 Å². The molecule has 9 heteroatoms. The molecule has 0 aromatic rings. The number of aliphatic hydroxyl groups is 1. The molecule has 0 spiro atoms. The van der Waals surface area contributed by atoms with Gasteiger partial charge in [-0.05, 0) is 19.3 Å². The van der Waals surface area contributed by atoms with Crippen LogP contribution in [0.5, 0.6) is 0 Å². The first-order valence-electron chi connectivity index (χ1n) is 4.61. The summed E-state index contributed by atoms with van der Waals surface area (Å²) in [5.41, 5.74) is 0. The van der Waals surface area contributed by atoms with Crippen molar-refractivity contribution in [3.8, 4) is 0 Å². The zero-order valence-electron chi connectivity index (χ0n) is 8.94. The van der Waals surface area contributed by atoms with Gasteiger partial charge >= 0.3 is 0 Å². The van der Waals surface area contributed by atoms with Crippen molar-refractivity contribution in [3.05, 3.63) is 20.2 Å². The second-order valence-electron chi connectivity index (χ2n) is 3.32. The van der Waals surface area contributed by atoms with Crippen molar-refractivity contribution in [2.75, 3.05) is 6.61 Å². The molecule has 0 radical (unpaired) electrons. The van der Waals surface area contributed by atoms with Gasteiger partial charge in [0.25, 0.3) is 10.2 Å². The zero-order chi connectivity index (χ0) is 12.7. The average molecular weight is 238 g/mol. The van der Waals surface area contributed by atoms with E-state index in [0.717, 1.165) is 0 Å². The number of nitrogens with zero attached hydrogens (tertiary/aromatic N) is 2. The molecule has 0 aromatic carbocycles. The van der Waals surface area contributed by atoms with Crippen molar-refractivity contribution in [2.45, 2.75) is 32.5 Å². The van der Waals surface area contributed by atoms with E-state index in [1.165, 1.54) is 6.92 Å². The molecule has 9 nitrogen and oxygen atoms in total. The van der Waals surface area contributed by atoms with Crippen LogP contribution in [-0.4, -0.2) is 34.1 Å². The Kier molecular flexibility index (Phi) is 6.08. The molecule has 0 saturated carbocycles. The summed E-state index contributed by atoms with van der Waals surface area (Å²) in [7, 11) is 0. The lowest BCUT2D eigenvalue weighted by molar-refractivity contribution is -0.799. The van der Waals surface area contributed by atoms with Crippen LogP contribution in [0.15, 0.2) is 0 Å². The normalized spacial score (nSPS) is 15.9. The Hall–Kier alpha value is -1.64. The summed E-state index contributed by atoms with van der Waals surface area (Å²) in [6.07, 6.45) is -1.95. The zero-order valence-corrected chi connectivity index (χ0v) is 8.94. The van der Waals surface area contributed by atoms with Crippen molar-refractivity contribution in [1.29, 1.82) is 0 Å². The van der Waals surface area contributed by atoms with Crippen molar-refractivity contribution in [2.24, 2.45) is 5.92 Å². The minimum absolute atomic E-state index is 0.191. The van der Waals surface area contributed by atoms with E-state index in [9.17, 15) is 20.2 Å².